The summed E-state index contributed by atoms with van der Waals surface area (Å²) in [5.41, 5.74) is -0.0907. The molecule has 0 fully saturated rings. The molecule has 0 radical (unpaired) electrons. The molecule has 27 heavy (non-hydrogen) atoms. The Morgan fingerprint density at radius 1 is 1.07 bits per heavy atom. The SMILES string of the molecule is CCOCCOc1ccccc1NC(=O)CNc1cccc(C(F)(F)F)c1. The number of anilines is 2. The zero-order valence-electron chi connectivity index (χ0n) is 14.8. The van der Waals surface area contributed by atoms with Crippen molar-refractivity contribution in [3.63, 3.8) is 0 Å². The predicted molar refractivity (Wildman–Crippen MR) is 97.0 cm³/mol. The second kappa shape index (κ2) is 9.82. The molecule has 0 saturated carbocycles. The molecule has 0 saturated heterocycles. The first-order valence-electron chi connectivity index (χ1n) is 8.40. The number of alkyl halides is 3. The van der Waals surface area contributed by atoms with Gasteiger partial charge in [-0.25, -0.2) is 0 Å². The maximum Gasteiger partial charge on any atom is 0.416 e. The number of ether oxygens (including phenoxy) is 2. The standard InChI is InChI=1S/C19H21F3N2O3/c1-2-26-10-11-27-17-9-4-3-8-16(17)24-18(25)13-23-15-7-5-6-14(12-15)19(20,21)22/h3-9,12,23H,2,10-11,13H2,1H3,(H,24,25). The van der Waals surface area contributed by atoms with Crippen LogP contribution < -0.4 is 15.4 Å². The predicted octanol–water partition coefficient (Wildman–Crippen LogP) is 4.17. The molecule has 0 heterocycles. The van der Waals surface area contributed by atoms with E-state index in [2.05, 4.69) is 10.6 Å². The number of carbonyl (C=O) groups excluding carboxylic acids is 1. The first kappa shape index (κ1) is 20.6. The zero-order chi connectivity index (χ0) is 19.7. The summed E-state index contributed by atoms with van der Waals surface area (Å²) in [6.45, 7) is 3.04. The summed E-state index contributed by atoms with van der Waals surface area (Å²) in [4.78, 5) is 12.1. The van der Waals surface area contributed by atoms with Gasteiger partial charge < -0.3 is 20.1 Å². The Morgan fingerprint density at radius 3 is 2.59 bits per heavy atom. The summed E-state index contributed by atoms with van der Waals surface area (Å²) in [7, 11) is 0. The van der Waals surface area contributed by atoms with Crippen LogP contribution in [0.15, 0.2) is 48.5 Å². The van der Waals surface area contributed by atoms with Gasteiger partial charge in [0.05, 0.1) is 24.4 Å². The number of halogens is 3. The van der Waals surface area contributed by atoms with Gasteiger partial charge in [-0.3, -0.25) is 4.79 Å². The molecule has 2 aromatic rings. The van der Waals surface area contributed by atoms with Crippen LogP contribution in [-0.4, -0.2) is 32.3 Å². The molecule has 1 amide bonds. The van der Waals surface area contributed by atoms with E-state index in [1.165, 1.54) is 12.1 Å². The third-order valence-corrected chi connectivity index (χ3v) is 3.49. The van der Waals surface area contributed by atoms with Gasteiger partial charge >= 0.3 is 6.18 Å². The lowest BCUT2D eigenvalue weighted by Crippen LogP contribution is -2.22. The fraction of sp³-hybridized carbons (Fsp3) is 0.316. The Kier molecular flexibility index (Phi) is 7.48. The number of benzene rings is 2. The lowest BCUT2D eigenvalue weighted by molar-refractivity contribution is -0.137. The average Bonchev–Trinajstić information content (AvgIpc) is 2.64. The summed E-state index contributed by atoms with van der Waals surface area (Å²) < 4.78 is 48.9. The number of nitrogens with one attached hydrogen (secondary N) is 2. The van der Waals surface area contributed by atoms with Crippen LogP contribution in [0.4, 0.5) is 24.5 Å². The highest BCUT2D eigenvalue weighted by Crippen LogP contribution is 2.30. The topological polar surface area (TPSA) is 59.6 Å². The second-order valence-corrected chi connectivity index (χ2v) is 5.52. The minimum atomic E-state index is -4.43. The molecule has 0 spiro atoms. The molecule has 2 N–H and O–H groups in total. The number of rotatable bonds is 9. The van der Waals surface area contributed by atoms with Crippen LogP contribution in [0, 0.1) is 0 Å². The van der Waals surface area contributed by atoms with Crippen LogP contribution in [0.25, 0.3) is 0 Å². The molecule has 146 valence electrons. The number of carbonyl (C=O) groups is 1. The fourth-order valence-electron chi connectivity index (χ4n) is 2.23. The summed E-state index contributed by atoms with van der Waals surface area (Å²) in [6, 6.07) is 11.6. The second-order valence-electron chi connectivity index (χ2n) is 5.52. The van der Waals surface area contributed by atoms with Crippen LogP contribution in [0.3, 0.4) is 0 Å². The number of hydrogen-bond donors (Lipinski definition) is 2. The van der Waals surface area contributed by atoms with Crippen molar-refractivity contribution in [2.45, 2.75) is 13.1 Å². The Balaban J connectivity index is 1.91. The lowest BCUT2D eigenvalue weighted by atomic mass is 10.2. The minimum absolute atomic E-state index is 0.186. The van der Waals surface area contributed by atoms with Gasteiger partial charge in [0, 0.05) is 12.3 Å². The number of para-hydroxylation sites is 2. The molecular weight excluding hydrogens is 361 g/mol. The monoisotopic (exact) mass is 382 g/mol. The van der Waals surface area contributed by atoms with Crippen molar-refractivity contribution in [3.8, 4) is 5.75 Å². The zero-order valence-corrected chi connectivity index (χ0v) is 14.8. The van der Waals surface area contributed by atoms with E-state index in [9.17, 15) is 18.0 Å². The van der Waals surface area contributed by atoms with Crippen molar-refractivity contribution in [1.29, 1.82) is 0 Å². The Labute approximate surface area is 155 Å². The van der Waals surface area contributed by atoms with Crippen molar-refractivity contribution >= 4 is 17.3 Å². The molecule has 0 unspecified atom stereocenters. The van der Waals surface area contributed by atoms with E-state index < -0.39 is 17.6 Å². The summed E-state index contributed by atoms with van der Waals surface area (Å²) >= 11 is 0. The van der Waals surface area contributed by atoms with Crippen molar-refractivity contribution in [2.75, 3.05) is 37.0 Å². The van der Waals surface area contributed by atoms with Crippen molar-refractivity contribution in [2.24, 2.45) is 0 Å². The first-order chi connectivity index (χ1) is 12.9. The third kappa shape index (κ3) is 6.82. The Hall–Kier alpha value is -2.74. The van der Waals surface area contributed by atoms with E-state index in [1.54, 1.807) is 24.3 Å². The summed E-state index contributed by atoms with van der Waals surface area (Å²) in [5.74, 6) is 0.0814. The van der Waals surface area contributed by atoms with Crippen molar-refractivity contribution in [3.05, 3.63) is 54.1 Å². The van der Waals surface area contributed by atoms with Gasteiger partial charge in [0.2, 0.25) is 5.91 Å². The first-order valence-corrected chi connectivity index (χ1v) is 8.40. The Bertz CT molecular complexity index is 751. The average molecular weight is 382 g/mol. The Morgan fingerprint density at radius 2 is 1.85 bits per heavy atom. The van der Waals surface area contributed by atoms with Gasteiger partial charge in [-0.1, -0.05) is 18.2 Å². The third-order valence-electron chi connectivity index (χ3n) is 3.49. The van der Waals surface area contributed by atoms with Crippen LogP contribution in [-0.2, 0) is 15.7 Å². The van der Waals surface area contributed by atoms with Gasteiger partial charge in [-0.15, -0.1) is 0 Å². The molecule has 2 aromatic carbocycles. The highest BCUT2D eigenvalue weighted by Gasteiger charge is 2.30. The smallest absolute Gasteiger partial charge is 0.416 e. The van der Waals surface area contributed by atoms with Gasteiger partial charge in [0.15, 0.2) is 0 Å². The maximum absolute atomic E-state index is 12.7. The molecular formula is C19H21F3N2O3. The van der Waals surface area contributed by atoms with Gasteiger partial charge in [-0.05, 0) is 37.3 Å². The summed E-state index contributed by atoms with van der Waals surface area (Å²) in [6.07, 6.45) is -4.43. The fourth-order valence-corrected chi connectivity index (χ4v) is 2.23. The van der Waals surface area contributed by atoms with Crippen LogP contribution in [0.2, 0.25) is 0 Å². The number of hydrogen-bond acceptors (Lipinski definition) is 4. The van der Waals surface area contributed by atoms with Crippen LogP contribution >= 0.6 is 0 Å². The molecule has 0 aliphatic carbocycles. The minimum Gasteiger partial charge on any atom is -0.489 e. The van der Waals surface area contributed by atoms with E-state index in [-0.39, 0.29) is 12.2 Å². The largest absolute Gasteiger partial charge is 0.489 e. The quantitative estimate of drug-likeness (QED) is 0.639. The van der Waals surface area contributed by atoms with E-state index >= 15 is 0 Å². The van der Waals surface area contributed by atoms with Gasteiger partial charge in [-0.2, -0.15) is 13.2 Å². The lowest BCUT2D eigenvalue weighted by Gasteiger charge is -2.13. The molecule has 0 aliphatic heterocycles. The maximum atomic E-state index is 12.7. The molecule has 0 atom stereocenters. The highest BCUT2D eigenvalue weighted by molar-refractivity contribution is 5.95. The van der Waals surface area contributed by atoms with E-state index in [0.717, 1.165) is 12.1 Å². The molecule has 8 heteroatoms. The molecule has 0 aliphatic rings. The van der Waals surface area contributed by atoms with E-state index in [1.807, 2.05) is 6.92 Å². The molecule has 2 rings (SSSR count). The van der Waals surface area contributed by atoms with Crippen molar-refractivity contribution in [1.82, 2.24) is 0 Å². The number of amides is 1. The van der Waals surface area contributed by atoms with Crippen molar-refractivity contribution < 1.29 is 27.4 Å². The normalized spacial score (nSPS) is 11.1. The van der Waals surface area contributed by atoms with E-state index in [4.69, 9.17) is 9.47 Å². The summed E-state index contributed by atoms with van der Waals surface area (Å²) in [5, 5.41) is 5.36. The molecule has 5 nitrogen and oxygen atoms in total. The van der Waals surface area contributed by atoms with E-state index in [0.29, 0.717) is 31.3 Å². The van der Waals surface area contributed by atoms with Crippen LogP contribution in [0.5, 0.6) is 5.75 Å². The highest BCUT2D eigenvalue weighted by atomic mass is 19.4. The van der Waals surface area contributed by atoms with Crippen LogP contribution in [0.1, 0.15) is 12.5 Å². The molecule has 0 aromatic heterocycles. The van der Waals surface area contributed by atoms with Gasteiger partial charge in [0.1, 0.15) is 12.4 Å². The molecule has 0 bridgehead atoms. The van der Waals surface area contributed by atoms with Gasteiger partial charge in [0.25, 0.3) is 0 Å².